The minimum Gasteiger partial charge on any atom is -0.342 e. The molecule has 0 aliphatic carbocycles. The molecule has 22 heavy (non-hydrogen) atoms. The summed E-state index contributed by atoms with van der Waals surface area (Å²) in [5.74, 6) is 0.586. The Morgan fingerprint density at radius 3 is 2.64 bits per heavy atom. The first-order valence-electron chi connectivity index (χ1n) is 8.74. The molecule has 4 nitrogen and oxygen atoms in total. The first-order chi connectivity index (χ1) is 10.8. The number of carbonyl (C=O) groups excluding carboxylic acids is 1. The van der Waals surface area contributed by atoms with Gasteiger partial charge < -0.3 is 4.90 Å². The molecule has 0 saturated carbocycles. The van der Waals surface area contributed by atoms with Crippen LogP contribution in [0.15, 0.2) is 24.4 Å². The van der Waals surface area contributed by atoms with Crippen LogP contribution in [0.5, 0.6) is 0 Å². The maximum Gasteiger partial charge on any atom is 0.226 e. The van der Waals surface area contributed by atoms with Gasteiger partial charge in [0.15, 0.2) is 0 Å². The third-order valence-electron chi connectivity index (χ3n) is 4.88. The van der Waals surface area contributed by atoms with Crippen molar-refractivity contribution in [2.75, 3.05) is 26.2 Å². The molecule has 0 spiro atoms. The molecule has 0 aromatic carbocycles. The van der Waals surface area contributed by atoms with E-state index < -0.39 is 0 Å². The van der Waals surface area contributed by atoms with Crippen molar-refractivity contribution in [1.29, 1.82) is 0 Å². The van der Waals surface area contributed by atoms with Crippen LogP contribution in [0, 0.1) is 5.92 Å². The smallest absolute Gasteiger partial charge is 0.226 e. The second kappa shape index (κ2) is 7.73. The molecule has 3 rings (SSSR count). The van der Waals surface area contributed by atoms with Gasteiger partial charge in [0.2, 0.25) is 5.91 Å². The van der Waals surface area contributed by atoms with Gasteiger partial charge in [-0.05, 0) is 44.4 Å². The van der Waals surface area contributed by atoms with Crippen LogP contribution in [0.1, 0.15) is 44.2 Å². The Bertz CT molecular complexity index is 468. The molecule has 3 heterocycles. The lowest BCUT2D eigenvalue weighted by molar-refractivity contribution is -0.137. The topological polar surface area (TPSA) is 36.4 Å². The normalized spacial score (nSPS) is 24.0. The fourth-order valence-corrected chi connectivity index (χ4v) is 3.67. The fourth-order valence-electron chi connectivity index (χ4n) is 3.67. The lowest BCUT2D eigenvalue weighted by atomic mass is 9.96. The van der Waals surface area contributed by atoms with Gasteiger partial charge in [0, 0.05) is 32.4 Å². The second-order valence-electron chi connectivity index (χ2n) is 6.63. The van der Waals surface area contributed by atoms with Crippen molar-refractivity contribution in [2.45, 2.75) is 45.1 Å². The Hall–Kier alpha value is -1.42. The molecular weight excluding hydrogens is 274 g/mol. The number of likely N-dealkylation sites (tertiary alicyclic amines) is 2. The Kier molecular flexibility index (Phi) is 5.43. The van der Waals surface area contributed by atoms with Gasteiger partial charge in [0.1, 0.15) is 0 Å². The van der Waals surface area contributed by atoms with E-state index in [0.29, 0.717) is 5.91 Å². The molecular formula is C18H27N3O. The predicted octanol–water partition coefficient (Wildman–Crippen LogP) is 2.70. The van der Waals surface area contributed by atoms with Gasteiger partial charge in [0.05, 0.1) is 11.6 Å². The van der Waals surface area contributed by atoms with Crippen molar-refractivity contribution in [3.8, 4) is 0 Å². The number of hydrogen-bond donors (Lipinski definition) is 0. The van der Waals surface area contributed by atoms with Crippen LogP contribution < -0.4 is 0 Å². The summed E-state index contributed by atoms with van der Waals surface area (Å²) in [6, 6.07) is 6.05. The van der Waals surface area contributed by atoms with E-state index >= 15 is 0 Å². The van der Waals surface area contributed by atoms with E-state index in [0.717, 1.165) is 51.3 Å². The first kappa shape index (κ1) is 15.5. The van der Waals surface area contributed by atoms with E-state index in [9.17, 15) is 4.79 Å². The van der Waals surface area contributed by atoms with Crippen LogP contribution in [0.2, 0.25) is 0 Å². The molecule has 2 saturated heterocycles. The van der Waals surface area contributed by atoms with Crippen LogP contribution >= 0.6 is 0 Å². The number of carbonyl (C=O) groups is 1. The number of aromatic nitrogens is 1. The number of amides is 1. The third kappa shape index (κ3) is 4.07. The van der Waals surface area contributed by atoms with Crippen molar-refractivity contribution in [2.24, 2.45) is 5.92 Å². The van der Waals surface area contributed by atoms with Gasteiger partial charge >= 0.3 is 0 Å². The highest BCUT2D eigenvalue weighted by molar-refractivity contribution is 5.79. The molecule has 1 atom stereocenters. The van der Waals surface area contributed by atoms with Crippen molar-refractivity contribution in [3.05, 3.63) is 30.1 Å². The average molecular weight is 301 g/mol. The summed E-state index contributed by atoms with van der Waals surface area (Å²) in [5.41, 5.74) is 1.10. The highest BCUT2D eigenvalue weighted by Crippen LogP contribution is 2.22. The summed E-state index contributed by atoms with van der Waals surface area (Å²) in [5, 5.41) is 0. The lowest BCUT2D eigenvalue weighted by Crippen LogP contribution is -2.45. The van der Waals surface area contributed by atoms with Crippen molar-refractivity contribution in [1.82, 2.24) is 14.8 Å². The van der Waals surface area contributed by atoms with Crippen LogP contribution in [-0.2, 0) is 11.3 Å². The highest BCUT2D eigenvalue weighted by Gasteiger charge is 2.29. The molecule has 1 unspecified atom stereocenters. The number of rotatable bonds is 3. The molecule has 0 radical (unpaired) electrons. The molecule has 1 amide bonds. The molecule has 1 aromatic heterocycles. The van der Waals surface area contributed by atoms with Gasteiger partial charge in [-0.25, -0.2) is 0 Å². The molecule has 0 N–H and O–H groups in total. The Morgan fingerprint density at radius 2 is 1.91 bits per heavy atom. The molecule has 2 fully saturated rings. The van der Waals surface area contributed by atoms with E-state index in [1.54, 1.807) is 0 Å². The minimum atomic E-state index is 0.190. The van der Waals surface area contributed by atoms with Gasteiger partial charge in [-0.2, -0.15) is 0 Å². The quantitative estimate of drug-likeness (QED) is 0.861. The van der Waals surface area contributed by atoms with Gasteiger partial charge in [-0.1, -0.05) is 18.9 Å². The molecule has 1 aromatic rings. The van der Waals surface area contributed by atoms with Crippen molar-refractivity contribution < 1.29 is 4.79 Å². The molecule has 4 heteroatoms. The zero-order chi connectivity index (χ0) is 15.2. The van der Waals surface area contributed by atoms with Crippen LogP contribution in [0.3, 0.4) is 0 Å². The van der Waals surface area contributed by atoms with E-state index in [-0.39, 0.29) is 5.92 Å². The predicted molar refractivity (Wildman–Crippen MR) is 87.3 cm³/mol. The molecule has 2 aliphatic rings. The van der Waals surface area contributed by atoms with Gasteiger partial charge in [0.25, 0.3) is 0 Å². The van der Waals surface area contributed by atoms with E-state index in [2.05, 4.69) is 20.9 Å². The molecule has 0 bridgehead atoms. The number of pyridine rings is 1. The SMILES string of the molecule is O=C(C1CCCN(Cc2ccccn2)C1)N1CCCCCC1. The average Bonchev–Trinajstić information content (AvgIpc) is 2.85. The van der Waals surface area contributed by atoms with Crippen LogP contribution in [0.4, 0.5) is 0 Å². The lowest BCUT2D eigenvalue weighted by Gasteiger charge is -2.34. The Labute approximate surface area is 133 Å². The summed E-state index contributed by atoms with van der Waals surface area (Å²) in [7, 11) is 0. The summed E-state index contributed by atoms with van der Waals surface area (Å²) in [4.78, 5) is 21.7. The maximum atomic E-state index is 12.8. The Morgan fingerprint density at radius 1 is 1.09 bits per heavy atom. The Balaban J connectivity index is 1.56. The summed E-state index contributed by atoms with van der Waals surface area (Å²) in [6.45, 7) is 4.78. The summed E-state index contributed by atoms with van der Waals surface area (Å²) >= 11 is 0. The van der Waals surface area contributed by atoms with Gasteiger partial charge in [-0.3, -0.25) is 14.7 Å². The zero-order valence-electron chi connectivity index (χ0n) is 13.4. The second-order valence-corrected chi connectivity index (χ2v) is 6.63. The minimum absolute atomic E-state index is 0.190. The summed E-state index contributed by atoms with van der Waals surface area (Å²) in [6.07, 6.45) is 8.93. The fraction of sp³-hybridized carbons (Fsp3) is 0.667. The number of nitrogens with zero attached hydrogens (tertiary/aromatic N) is 3. The van der Waals surface area contributed by atoms with E-state index in [1.165, 1.54) is 25.7 Å². The molecule has 120 valence electrons. The largest absolute Gasteiger partial charge is 0.342 e. The van der Waals surface area contributed by atoms with Crippen LogP contribution in [0.25, 0.3) is 0 Å². The third-order valence-corrected chi connectivity index (χ3v) is 4.88. The standard InChI is InChI=1S/C18H27N3O/c22-18(21-12-5-1-2-6-13-21)16-8-7-11-20(14-16)15-17-9-3-4-10-19-17/h3-4,9-10,16H,1-2,5-8,11-15H2. The van der Waals surface area contributed by atoms with Crippen molar-refractivity contribution in [3.63, 3.8) is 0 Å². The number of hydrogen-bond acceptors (Lipinski definition) is 3. The van der Waals surface area contributed by atoms with E-state index in [1.807, 2.05) is 18.3 Å². The maximum absolute atomic E-state index is 12.8. The number of piperidine rings is 1. The van der Waals surface area contributed by atoms with Crippen molar-refractivity contribution >= 4 is 5.91 Å². The summed E-state index contributed by atoms with van der Waals surface area (Å²) < 4.78 is 0. The van der Waals surface area contributed by atoms with Gasteiger partial charge in [-0.15, -0.1) is 0 Å². The van der Waals surface area contributed by atoms with Crippen LogP contribution in [-0.4, -0.2) is 46.9 Å². The molecule has 2 aliphatic heterocycles. The monoisotopic (exact) mass is 301 g/mol. The van der Waals surface area contributed by atoms with E-state index in [4.69, 9.17) is 0 Å². The highest BCUT2D eigenvalue weighted by atomic mass is 16.2. The zero-order valence-corrected chi connectivity index (χ0v) is 13.4. The first-order valence-corrected chi connectivity index (χ1v) is 8.74.